The lowest BCUT2D eigenvalue weighted by Gasteiger charge is -2.10. The Bertz CT molecular complexity index is 633. The summed E-state index contributed by atoms with van der Waals surface area (Å²) in [5.41, 5.74) is 1.25. The number of amidine groups is 1. The normalized spacial score (nSPS) is 13.2. The van der Waals surface area contributed by atoms with Crippen LogP contribution in [0.4, 0.5) is 18.9 Å². The van der Waals surface area contributed by atoms with Crippen molar-refractivity contribution in [1.29, 1.82) is 5.26 Å². The van der Waals surface area contributed by atoms with E-state index in [9.17, 15) is 13.2 Å². The maximum Gasteiger partial charge on any atom is 0.416 e. The molecule has 21 heavy (non-hydrogen) atoms. The van der Waals surface area contributed by atoms with Crippen LogP contribution < -0.4 is 5.43 Å². The van der Waals surface area contributed by atoms with E-state index in [1.54, 1.807) is 0 Å². The third-order valence-electron chi connectivity index (χ3n) is 2.35. The van der Waals surface area contributed by atoms with Gasteiger partial charge in [-0.2, -0.15) is 18.4 Å². The summed E-state index contributed by atoms with van der Waals surface area (Å²) in [6, 6.07) is 3.19. The molecule has 0 aliphatic rings. The number of hydrogen-bond acceptors (Lipinski definition) is 3. The minimum absolute atomic E-state index is 0.0716. The van der Waals surface area contributed by atoms with Crippen molar-refractivity contribution in [3.63, 3.8) is 0 Å². The van der Waals surface area contributed by atoms with Crippen LogP contribution in [0.2, 0.25) is 10.0 Å². The molecule has 0 fully saturated rings. The predicted octanol–water partition coefficient (Wildman–Crippen LogP) is 4.82. The van der Waals surface area contributed by atoms with Gasteiger partial charge in [-0.05, 0) is 17.2 Å². The van der Waals surface area contributed by atoms with Crippen molar-refractivity contribution in [2.45, 2.75) is 13.1 Å². The summed E-state index contributed by atoms with van der Waals surface area (Å²) in [5.74, 6) is -0.938. The fraction of sp³-hybridized carbons (Fsp3) is 0.250. The Morgan fingerprint density at radius 2 is 1.95 bits per heavy atom. The standard InChI is InChI=1S/C12H7Cl2F3N4/c1-6(5-18)11(19-2)21-20-10-8(13)3-7(4-9(10)14)12(15,16)17/h3-4,6,20H,1H3/b21-11-. The molecule has 110 valence electrons. The average molecular weight is 335 g/mol. The van der Waals surface area contributed by atoms with E-state index in [1.807, 2.05) is 6.07 Å². The molecule has 1 aromatic carbocycles. The Balaban J connectivity index is 3.15. The number of anilines is 1. The molecule has 0 saturated heterocycles. The Hall–Kier alpha value is -1.96. The zero-order valence-corrected chi connectivity index (χ0v) is 12.0. The van der Waals surface area contributed by atoms with E-state index >= 15 is 0 Å². The maximum atomic E-state index is 12.6. The van der Waals surface area contributed by atoms with E-state index in [1.165, 1.54) is 6.92 Å². The van der Waals surface area contributed by atoms with Gasteiger partial charge in [0.15, 0.2) is 0 Å². The van der Waals surface area contributed by atoms with Crippen LogP contribution in [0.25, 0.3) is 4.85 Å². The molecule has 0 bridgehead atoms. The molecular formula is C12H7Cl2F3N4. The second-order valence-electron chi connectivity index (χ2n) is 3.86. The van der Waals surface area contributed by atoms with Gasteiger partial charge in [-0.25, -0.2) is 5.43 Å². The quantitative estimate of drug-likeness (QED) is 0.373. The largest absolute Gasteiger partial charge is 0.416 e. The van der Waals surface area contributed by atoms with E-state index in [4.69, 9.17) is 35.0 Å². The molecule has 0 amide bonds. The van der Waals surface area contributed by atoms with Gasteiger partial charge in [0.05, 0.1) is 27.6 Å². The molecule has 1 unspecified atom stereocenters. The summed E-state index contributed by atoms with van der Waals surface area (Å²) < 4.78 is 37.7. The first-order valence-electron chi connectivity index (χ1n) is 5.37. The third-order valence-corrected chi connectivity index (χ3v) is 2.94. The summed E-state index contributed by atoms with van der Waals surface area (Å²) in [6.07, 6.45) is -4.58. The maximum absolute atomic E-state index is 12.6. The van der Waals surface area contributed by atoms with Gasteiger partial charge in [-0.1, -0.05) is 36.7 Å². The van der Waals surface area contributed by atoms with Crippen LogP contribution in [0.3, 0.4) is 0 Å². The lowest BCUT2D eigenvalue weighted by atomic mass is 10.2. The summed E-state index contributed by atoms with van der Waals surface area (Å²) >= 11 is 11.4. The van der Waals surface area contributed by atoms with E-state index in [0.29, 0.717) is 12.1 Å². The lowest BCUT2D eigenvalue weighted by Crippen LogP contribution is -2.08. The van der Waals surface area contributed by atoms with Crippen LogP contribution in [-0.2, 0) is 6.18 Å². The Morgan fingerprint density at radius 3 is 2.33 bits per heavy atom. The summed E-state index contributed by atoms with van der Waals surface area (Å²) in [6.45, 7) is 8.32. The van der Waals surface area contributed by atoms with E-state index in [2.05, 4.69) is 15.4 Å². The third kappa shape index (κ3) is 4.25. The predicted molar refractivity (Wildman–Crippen MR) is 73.9 cm³/mol. The van der Waals surface area contributed by atoms with Gasteiger partial charge in [0.1, 0.15) is 5.69 Å². The molecule has 9 heteroatoms. The summed E-state index contributed by atoms with van der Waals surface area (Å²) in [4.78, 5) is 3.04. The minimum Gasteiger partial charge on any atom is -0.361 e. The van der Waals surface area contributed by atoms with Crippen molar-refractivity contribution >= 4 is 34.7 Å². The summed E-state index contributed by atoms with van der Waals surface area (Å²) in [5, 5.41) is 11.7. The van der Waals surface area contributed by atoms with Gasteiger partial charge in [0, 0.05) is 0 Å². The molecule has 0 aromatic heterocycles. The number of hydrazone groups is 1. The van der Waals surface area contributed by atoms with Crippen LogP contribution in [0.5, 0.6) is 0 Å². The van der Waals surface area contributed by atoms with Gasteiger partial charge in [0.2, 0.25) is 0 Å². The molecule has 0 saturated carbocycles. The molecule has 0 aliphatic heterocycles. The Labute approximate surface area is 128 Å². The fourth-order valence-electron chi connectivity index (χ4n) is 1.23. The minimum atomic E-state index is -4.58. The Morgan fingerprint density at radius 1 is 1.43 bits per heavy atom. The molecular weight excluding hydrogens is 328 g/mol. The molecule has 1 aromatic rings. The zero-order valence-electron chi connectivity index (χ0n) is 10.5. The number of nitriles is 1. The van der Waals surface area contributed by atoms with Gasteiger partial charge in [-0.3, -0.25) is 0 Å². The molecule has 0 radical (unpaired) electrons. The fourth-order valence-corrected chi connectivity index (χ4v) is 1.80. The van der Waals surface area contributed by atoms with Crippen LogP contribution in [0.1, 0.15) is 12.5 Å². The number of hydrogen-bond donors (Lipinski definition) is 1. The number of benzene rings is 1. The van der Waals surface area contributed by atoms with Crippen molar-refractivity contribution in [2.75, 3.05) is 5.43 Å². The highest BCUT2D eigenvalue weighted by Crippen LogP contribution is 2.38. The lowest BCUT2D eigenvalue weighted by molar-refractivity contribution is -0.137. The van der Waals surface area contributed by atoms with Crippen LogP contribution >= 0.6 is 23.2 Å². The highest BCUT2D eigenvalue weighted by molar-refractivity contribution is 6.39. The van der Waals surface area contributed by atoms with Gasteiger partial charge >= 0.3 is 6.18 Å². The van der Waals surface area contributed by atoms with Crippen LogP contribution in [0, 0.1) is 23.8 Å². The monoisotopic (exact) mass is 334 g/mol. The van der Waals surface area contributed by atoms with E-state index < -0.39 is 17.7 Å². The smallest absolute Gasteiger partial charge is 0.361 e. The molecule has 0 heterocycles. The number of alkyl halides is 3. The molecule has 4 nitrogen and oxygen atoms in total. The van der Waals surface area contributed by atoms with E-state index in [-0.39, 0.29) is 21.6 Å². The first-order chi connectivity index (χ1) is 9.70. The van der Waals surface area contributed by atoms with Gasteiger partial charge in [0.25, 0.3) is 5.84 Å². The summed E-state index contributed by atoms with van der Waals surface area (Å²) in [7, 11) is 0. The topological polar surface area (TPSA) is 52.5 Å². The van der Waals surface area contributed by atoms with E-state index in [0.717, 1.165) is 0 Å². The van der Waals surface area contributed by atoms with Crippen molar-refractivity contribution < 1.29 is 13.2 Å². The van der Waals surface area contributed by atoms with Crippen LogP contribution in [-0.4, -0.2) is 5.84 Å². The second-order valence-corrected chi connectivity index (χ2v) is 4.67. The van der Waals surface area contributed by atoms with Crippen molar-refractivity contribution in [1.82, 2.24) is 0 Å². The van der Waals surface area contributed by atoms with Crippen molar-refractivity contribution in [3.05, 3.63) is 39.2 Å². The molecule has 1 atom stereocenters. The van der Waals surface area contributed by atoms with Crippen LogP contribution in [0.15, 0.2) is 17.2 Å². The first-order valence-corrected chi connectivity index (χ1v) is 6.13. The molecule has 0 spiro atoms. The number of nitrogens with zero attached hydrogens (tertiary/aromatic N) is 3. The highest BCUT2D eigenvalue weighted by Gasteiger charge is 2.32. The first kappa shape index (κ1) is 17.1. The molecule has 1 rings (SSSR count). The number of halogens is 5. The van der Waals surface area contributed by atoms with Crippen molar-refractivity contribution in [2.24, 2.45) is 11.0 Å². The van der Waals surface area contributed by atoms with Gasteiger partial charge in [-0.15, -0.1) is 0 Å². The highest BCUT2D eigenvalue weighted by atomic mass is 35.5. The SMILES string of the molecule is [C-]#[N+]/C(=N\Nc1c(Cl)cc(C(F)(F)F)cc1Cl)C(C)C#N. The molecule has 0 aliphatic carbocycles. The van der Waals surface area contributed by atoms with Crippen molar-refractivity contribution in [3.8, 4) is 6.07 Å². The average Bonchev–Trinajstić information content (AvgIpc) is 2.40. The Kier molecular flexibility index (Phi) is 5.42. The zero-order chi connectivity index (χ0) is 16.2. The molecule has 1 N–H and O–H groups in total. The number of rotatable bonds is 3. The number of nitrogens with one attached hydrogen (secondary N) is 1. The second kappa shape index (κ2) is 6.66. The van der Waals surface area contributed by atoms with Gasteiger partial charge < -0.3 is 4.85 Å².